The minimum atomic E-state index is 0.0592. The number of hydrogen-bond acceptors (Lipinski definition) is 1. The van der Waals surface area contributed by atoms with Gasteiger partial charge in [-0.2, -0.15) is 0 Å². The Morgan fingerprint density at radius 2 is 1.76 bits per heavy atom. The Morgan fingerprint density at radius 1 is 1.18 bits per heavy atom. The van der Waals surface area contributed by atoms with Gasteiger partial charge in [0, 0.05) is 18.0 Å². The fourth-order valence-electron chi connectivity index (χ4n) is 1.24. The Labute approximate surface area is 109 Å². The van der Waals surface area contributed by atoms with E-state index >= 15 is 0 Å². The van der Waals surface area contributed by atoms with Crippen molar-refractivity contribution in [3.63, 3.8) is 0 Å². The van der Waals surface area contributed by atoms with Gasteiger partial charge in [-0.1, -0.05) is 31.5 Å². The van der Waals surface area contributed by atoms with Crippen molar-refractivity contribution in [3.05, 3.63) is 29.8 Å². The summed E-state index contributed by atoms with van der Waals surface area (Å²) in [6, 6.07) is 7.78. The molecule has 0 aromatic heterocycles. The average Bonchev–Trinajstić information content (AvgIpc) is 2.35. The lowest BCUT2D eigenvalue weighted by atomic mass is 10.2. The minimum Gasteiger partial charge on any atom is -0.326 e. The topological polar surface area (TPSA) is 29.1 Å². The van der Waals surface area contributed by atoms with Crippen LogP contribution in [0.4, 0.5) is 5.69 Å². The molecule has 1 aromatic rings. The molecule has 0 saturated carbocycles. The Hall–Kier alpha value is -1.02. The molecule has 0 unspecified atom stereocenters. The average molecular weight is 256 g/mol. The second-order valence-corrected chi connectivity index (χ2v) is 3.94. The van der Waals surface area contributed by atoms with Crippen molar-refractivity contribution in [1.29, 1.82) is 0 Å². The zero-order chi connectivity index (χ0) is 13.1. The molecule has 0 fully saturated rings. The Balaban J connectivity index is 0.00000121. The summed E-state index contributed by atoms with van der Waals surface area (Å²) in [7, 11) is 0. The first kappa shape index (κ1) is 16.0. The van der Waals surface area contributed by atoms with Gasteiger partial charge in [0.25, 0.3) is 0 Å². The van der Waals surface area contributed by atoms with E-state index in [0.29, 0.717) is 12.3 Å². The van der Waals surface area contributed by atoms with Gasteiger partial charge in [0.2, 0.25) is 5.91 Å². The van der Waals surface area contributed by atoms with Crippen LogP contribution in [-0.4, -0.2) is 11.8 Å². The van der Waals surface area contributed by atoms with Crippen LogP contribution in [0.1, 0.15) is 38.7 Å². The molecule has 0 aliphatic heterocycles. The van der Waals surface area contributed by atoms with Crippen molar-refractivity contribution in [1.82, 2.24) is 0 Å². The number of halogens is 1. The van der Waals surface area contributed by atoms with Gasteiger partial charge >= 0.3 is 0 Å². The van der Waals surface area contributed by atoms with Crippen molar-refractivity contribution in [2.45, 2.75) is 40.0 Å². The Bertz CT molecular complexity index is 309. The van der Waals surface area contributed by atoms with Crippen molar-refractivity contribution in [3.8, 4) is 0 Å². The number of anilines is 1. The number of carbonyl (C=O) groups is 1. The van der Waals surface area contributed by atoms with Crippen LogP contribution in [0.25, 0.3) is 0 Å². The van der Waals surface area contributed by atoms with Gasteiger partial charge < -0.3 is 5.32 Å². The molecule has 0 atom stereocenters. The van der Waals surface area contributed by atoms with E-state index in [1.54, 1.807) is 0 Å². The van der Waals surface area contributed by atoms with E-state index in [1.807, 2.05) is 45.0 Å². The van der Waals surface area contributed by atoms with E-state index in [4.69, 9.17) is 11.6 Å². The van der Waals surface area contributed by atoms with Crippen LogP contribution in [0, 0.1) is 6.92 Å². The molecular formula is C14H22ClNO. The largest absolute Gasteiger partial charge is 0.326 e. The second-order valence-electron chi connectivity index (χ2n) is 3.56. The van der Waals surface area contributed by atoms with Crippen molar-refractivity contribution in [2.24, 2.45) is 0 Å². The zero-order valence-corrected chi connectivity index (χ0v) is 11.7. The number of benzene rings is 1. The van der Waals surface area contributed by atoms with Crippen molar-refractivity contribution in [2.75, 3.05) is 11.2 Å². The number of carbonyl (C=O) groups excluding carboxylic acids is 1. The lowest BCUT2D eigenvalue weighted by Crippen LogP contribution is -2.10. The van der Waals surface area contributed by atoms with Gasteiger partial charge in [-0.3, -0.25) is 4.79 Å². The molecular weight excluding hydrogens is 234 g/mol. The van der Waals surface area contributed by atoms with Gasteiger partial charge in [-0.25, -0.2) is 0 Å². The number of amides is 1. The molecule has 96 valence electrons. The second kappa shape index (κ2) is 10.2. The van der Waals surface area contributed by atoms with Crippen LogP contribution in [0.15, 0.2) is 24.3 Å². The lowest BCUT2D eigenvalue weighted by Gasteiger charge is -2.04. The Kier molecular flexibility index (Phi) is 9.55. The molecule has 0 heterocycles. The van der Waals surface area contributed by atoms with Crippen LogP contribution in [0.5, 0.6) is 0 Å². The standard InChI is InChI=1S/C12H16ClNO.C2H6/c1-10-5-7-11(8-6-10)14-12(15)4-2-3-9-13;1-2/h5-8H,2-4,9H2,1H3,(H,14,15);1-2H3. The van der Waals surface area contributed by atoms with Crippen LogP contribution >= 0.6 is 11.6 Å². The third-order valence-electron chi connectivity index (χ3n) is 2.12. The van der Waals surface area contributed by atoms with E-state index in [9.17, 15) is 4.79 Å². The van der Waals surface area contributed by atoms with E-state index in [0.717, 1.165) is 18.5 Å². The first-order chi connectivity index (χ1) is 8.22. The highest BCUT2D eigenvalue weighted by Crippen LogP contribution is 2.09. The molecule has 0 aliphatic carbocycles. The van der Waals surface area contributed by atoms with Crippen LogP contribution in [-0.2, 0) is 4.79 Å². The number of aryl methyl sites for hydroxylation is 1. The molecule has 0 radical (unpaired) electrons. The third kappa shape index (κ3) is 7.81. The molecule has 17 heavy (non-hydrogen) atoms. The minimum absolute atomic E-state index is 0.0592. The smallest absolute Gasteiger partial charge is 0.224 e. The molecule has 1 aromatic carbocycles. The predicted octanol–water partition coefficient (Wildman–Crippen LogP) is 4.37. The summed E-state index contributed by atoms with van der Waals surface area (Å²) in [6.07, 6.45) is 2.28. The van der Waals surface area contributed by atoms with Gasteiger partial charge in [0.1, 0.15) is 0 Å². The molecule has 0 spiro atoms. The summed E-state index contributed by atoms with van der Waals surface area (Å²) in [5.74, 6) is 0.682. The first-order valence-corrected chi connectivity index (χ1v) is 6.68. The molecule has 2 nitrogen and oxygen atoms in total. The predicted molar refractivity (Wildman–Crippen MR) is 75.7 cm³/mol. The summed E-state index contributed by atoms with van der Waals surface area (Å²) in [5.41, 5.74) is 2.05. The maximum atomic E-state index is 11.4. The van der Waals surface area contributed by atoms with Gasteiger partial charge in [-0.05, 0) is 31.9 Å². The highest BCUT2D eigenvalue weighted by atomic mass is 35.5. The van der Waals surface area contributed by atoms with Crippen LogP contribution in [0.3, 0.4) is 0 Å². The monoisotopic (exact) mass is 255 g/mol. The summed E-state index contributed by atoms with van der Waals surface area (Å²) in [4.78, 5) is 11.4. The SMILES string of the molecule is CC.Cc1ccc(NC(=O)CCCCCl)cc1. The van der Waals surface area contributed by atoms with E-state index in [1.165, 1.54) is 5.56 Å². The molecule has 3 heteroatoms. The van der Waals surface area contributed by atoms with E-state index in [-0.39, 0.29) is 5.91 Å². The quantitative estimate of drug-likeness (QED) is 0.614. The first-order valence-electron chi connectivity index (χ1n) is 6.15. The van der Waals surface area contributed by atoms with Crippen molar-refractivity contribution >= 4 is 23.2 Å². The summed E-state index contributed by atoms with van der Waals surface area (Å²) < 4.78 is 0. The van der Waals surface area contributed by atoms with E-state index in [2.05, 4.69) is 5.32 Å². The fraction of sp³-hybridized carbons (Fsp3) is 0.500. The normalized spacial score (nSPS) is 9.18. The molecule has 0 aliphatic rings. The van der Waals surface area contributed by atoms with Crippen LogP contribution < -0.4 is 5.32 Å². The van der Waals surface area contributed by atoms with Gasteiger partial charge in [0.05, 0.1) is 0 Å². The summed E-state index contributed by atoms with van der Waals surface area (Å²) >= 11 is 5.53. The number of hydrogen-bond donors (Lipinski definition) is 1. The fourth-order valence-corrected chi connectivity index (χ4v) is 1.43. The lowest BCUT2D eigenvalue weighted by molar-refractivity contribution is -0.116. The van der Waals surface area contributed by atoms with Crippen molar-refractivity contribution < 1.29 is 4.79 Å². The molecule has 0 saturated heterocycles. The summed E-state index contributed by atoms with van der Waals surface area (Å²) in [5, 5.41) is 2.85. The highest BCUT2D eigenvalue weighted by Gasteiger charge is 2.01. The highest BCUT2D eigenvalue weighted by molar-refractivity contribution is 6.17. The molecule has 1 N–H and O–H groups in total. The Morgan fingerprint density at radius 3 is 2.29 bits per heavy atom. The molecule has 0 bridgehead atoms. The number of nitrogens with one attached hydrogen (secondary N) is 1. The third-order valence-corrected chi connectivity index (χ3v) is 2.39. The van der Waals surface area contributed by atoms with E-state index < -0.39 is 0 Å². The maximum Gasteiger partial charge on any atom is 0.224 e. The zero-order valence-electron chi connectivity index (χ0n) is 10.9. The number of rotatable bonds is 5. The molecule has 1 rings (SSSR count). The number of unbranched alkanes of at least 4 members (excludes halogenated alkanes) is 1. The maximum absolute atomic E-state index is 11.4. The molecule has 1 amide bonds. The summed E-state index contributed by atoms with van der Waals surface area (Å²) in [6.45, 7) is 6.02. The van der Waals surface area contributed by atoms with Gasteiger partial charge in [-0.15, -0.1) is 11.6 Å². The van der Waals surface area contributed by atoms with Gasteiger partial charge in [0.15, 0.2) is 0 Å². The van der Waals surface area contributed by atoms with Crippen LogP contribution in [0.2, 0.25) is 0 Å². The number of alkyl halides is 1.